The number of phenolic OH excluding ortho intramolecular Hbond substituents is 1. The zero-order chi connectivity index (χ0) is 22.3. The van der Waals surface area contributed by atoms with E-state index in [2.05, 4.69) is 41.5 Å². The van der Waals surface area contributed by atoms with E-state index in [9.17, 15) is 5.11 Å². The molecular formula is C28H48O2. The maximum atomic E-state index is 10.1. The molecule has 0 saturated heterocycles. The first kappa shape index (κ1) is 25.1. The lowest BCUT2D eigenvalue weighted by Crippen LogP contribution is -2.36. The van der Waals surface area contributed by atoms with E-state index in [4.69, 9.17) is 4.74 Å². The lowest BCUT2D eigenvalue weighted by Gasteiger charge is -2.37. The van der Waals surface area contributed by atoms with Crippen molar-refractivity contribution in [3.05, 3.63) is 22.8 Å². The quantitative estimate of drug-likeness (QED) is 0.370. The Morgan fingerprint density at radius 1 is 0.900 bits per heavy atom. The highest BCUT2D eigenvalue weighted by Gasteiger charge is 2.33. The number of benzene rings is 1. The molecule has 2 heteroatoms. The molecule has 0 radical (unpaired) electrons. The molecule has 0 aliphatic carbocycles. The molecule has 1 unspecified atom stereocenters. The third-order valence-electron chi connectivity index (χ3n) is 7.44. The van der Waals surface area contributed by atoms with Crippen LogP contribution in [0.3, 0.4) is 0 Å². The standard InChI is InChI=1S/C28H48O2/c1-20(2)11-8-12-21(3)13-9-14-22(4)15-10-17-28(7)18-16-25-19-26(29)23(5)24(6)27(25)30-28/h19-22,29H,8-18H2,1-7H3/t21-,22-,28?/m1/s1. The highest BCUT2D eigenvalue weighted by Crippen LogP contribution is 2.42. The monoisotopic (exact) mass is 416 g/mol. The molecule has 172 valence electrons. The van der Waals surface area contributed by atoms with Crippen molar-refractivity contribution in [3.63, 3.8) is 0 Å². The second kappa shape index (κ2) is 11.4. The SMILES string of the molecule is Cc1c(O)cc2c(c1C)OC(C)(CCC[C@H](C)CCC[C@H](C)CCCC(C)C)CC2. The Labute approximate surface area is 186 Å². The molecule has 0 aromatic heterocycles. The van der Waals surface area contributed by atoms with Gasteiger partial charge in [0.05, 0.1) is 0 Å². The van der Waals surface area contributed by atoms with Gasteiger partial charge in [-0.05, 0) is 87.0 Å². The molecule has 1 aromatic rings. The Hall–Kier alpha value is -1.18. The molecule has 1 aliphatic heterocycles. The molecule has 30 heavy (non-hydrogen) atoms. The summed E-state index contributed by atoms with van der Waals surface area (Å²) in [5, 5.41) is 10.1. The summed E-state index contributed by atoms with van der Waals surface area (Å²) in [5.41, 5.74) is 3.16. The summed E-state index contributed by atoms with van der Waals surface area (Å²) >= 11 is 0. The van der Waals surface area contributed by atoms with Gasteiger partial charge in [0.1, 0.15) is 17.1 Å². The summed E-state index contributed by atoms with van der Waals surface area (Å²) < 4.78 is 6.52. The van der Waals surface area contributed by atoms with Crippen LogP contribution >= 0.6 is 0 Å². The summed E-state index contributed by atoms with van der Waals surface area (Å²) in [6.45, 7) is 15.9. The normalized spacial score (nSPS) is 20.7. The molecule has 0 spiro atoms. The zero-order valence-electron chi connectivity index (χ0n) is 20.9. The maximum absolute atomic E-state index is 10.1. The number of phenols is 1. The molecule has 1 aromatic carbocycles. The summed E-state index contributed by atoms with van der Waals surface area (Å²) in [4.78, 5) is 0. The van der Waals surface area contributed by atoms with Crippen LogP contribution in [0.5, 0.6) is 11.5 Å². The van der Waals surface area contributed by atoms with Crippen LogP contribution in [0.2, 0.25) is 0 Å². The van der Waals surface area contributed by atoms with Crippen LogP contribution in [0.25, 0.3) is 0 Å². The number of ether oxygens (including phenoxy) is 1. The number of aryl methyl sites for hydroxylation is 1. The third-order valence-corrected chi connectivity index (χ3v) is 7.44. The zero-order valence-corrected chi connectivity index (χ0v) is 20.9. The molecule has 1 N–H and O–H groups in total. The van der Waals surface area contributed by atoms with E-state index in [1.807, 2.05) is 13.0 Å². The Morgan fingerprint density at radius 3 is 2.07 bits per heavy atom. The van der Waals surface area contributed by atoms with Gasteiger partial charge in [0, 0.05) is 0 Å². The first-order chi connectivity index (χ1) is 14.1. The van der Waals surface area contributed by atoms with Crippen molar-refractivity contribution in [1.29, 1.82) is 0 Å². The highest BCUT2D eigenvalue weighted by molar-refractivity contribution is 5.53. The van der Waals surface area contributed by atoms with E-state index in [-0.39, 0.29) is 5.60 Å². The van der Waals surface area contributed by atoms with E-state index in [1.165, 1.54) is 56.9 Å². The smallest absolute Gasteiger partial charge is 0.126 e. The molecule has 0 bridgehead atoms. The maximum Gasteiger partial charge on any atom is 0.126 e. The third kappa shape index (κ3) is 7.50. The van der Waals surface area contributed by atoms with E-state index in [0.717, 1.165) is 53.9 Å². The number of aromatic hydroxyl groups is 1. The summed E-state index contributed by atoms with van der Waals surface area (Å²) in [6, 6.07) is 1.91. The Morgan fingerprint density at radius 2 is 1.47 bits per heavy atom. The van der Waals surface area contributed by atoms with Crippen LogP contribution in [-0.2, 0) is 6.42 Å². The minimum atomic E-state index is -0.0637. The van der Waals surface area contributed by atoms with Crippen LogP contribution in [-0.4, -0.2) is 10.7 Å². The molecule has 2 nitrogen and oxygen atoms in total. The molecule has 1 aliphatic rings. The number of fused-ring (bicyclic) bond motifs is 1. The molecule has 0 saturated carbocycles. The van der Waals surface area contributed by atoms with Gasteiger partial charge in [-0.15, -0.1) is 0 Å². The summed E-state index contributed by atoms with van der Waals surface area (Å²) in [6.07, 6.45) is 14.1. The van der Waals surface area contributed by atoms with Crippen LogP contribution in [0.1, 0.15) is 116 Å². The second-order valence-electron chi connectivity index (χ2n) is 11.0. The van der Waals surface area contributed by atoms with Crippen LogP contribution < -0.4 is 4.74 Å². The van der Waals surface area contributed by atoms with Crippen molar-refractivity contribution < 1.29 is 9.84 Å². The molecule has 1 heterocycles. The molecular weight excluding hydrogens is 368 g/mol. The molecule has 0 fully saturated rings. The second-order valence-corrected chi connectivity index (χ2v) is 11.0. The van der Waals surface area contributed by atoms with Gasteiger partial charge in [-0.3, -0.25) is 0 Å². The Balaban J connectivity index is 1.69. The number of hydrogen-bond acceptors (Lipinski definition) is 2. The number of rotatable bonds is 12. The lowest BCUT2D eigenvalue weighted by molar-refractivity contribution is 0.0514. The van der Waals surface area contributed by atoms with Crippen molar-refractivity contribution in [1.82, 2.24) is 0 Å². The first-order valence-electron chi connectivity index (χ1n) is 12.6. The van der Waals surface area contributed by atoms with Crippen molar-refractivity contribution in [3.8, 4) is 11.5 Å². The average Bonchev–Trinajstić information content (AvgIpc) is 2.67. The van der Waals surface area contributed by atoms with Crippen molar-refractivity contribution in [2.75, 3.05) is 0 Å². The van der Waals surface area contributed by atoms with Gasteiger partial charge in [-0.2, -0.15) is 0 Å². The van der Waals surface area contributed by atoms with E-state index in [1.54, 1.807) is 0 Å². The summed E-state index contributed by atoms with van der Waals surface area (Å²) in [7, 11) is 0. The minimum Gasteiger partial charge on any atom is -0.508 e. The fourth-order valence-electron chi connectivity index (χ4n) is 4.94. The topological polar surface area (TPSA) is 29.5 Å². The van der Waals surface area contributed by atoms with Gasteiger partial charge in [0.25, 0.3) is 0 Å². The van der Waals surface area contributed by atoms with E-state index < -0.39 is 0 Å². The first-order valence-corrected chi connectivity index (χ1v) is 12.6. The van der Waals surface area contributed by atoms with Gasteiger partial charge >= 0.3 is 0 Å². The van der Waals surface area contributed by atoms with Crippen molar-refractivity contribution in [2.24, 2.45) is 17.8 Å². The van der Waals surface area contributed by atoms with Gasteiger partial charge < -0.3 is 9.84 Å². The largest absolute Gasteiger partial charge is 0.508 e. The van der Waals surface area contributed by atoms with Crippen LogP contribution in [0, 0.1) is 31.6 Å². The average molecular weight is 417 g/mol. The fourth-order valence-corrected chi connectivity index (χ4v) is 4.94. The summed E-state index contributed by atoms with van der Waals surface area (Å²) in [5.74, 6) is 3.98. The number of hydrogen-bond donors (Lipinski definition) is 1. The molecule has 3 atom stereocenters. The van der Waals surface area contributed by atoms with E-state index in [0.29, 0.717) is 5.75 Å². The van der Waals surface area contributed by atoms with Gasteiger partial charge in [0.15, 0.2) is 0 Å². The predicted octanol–water partition coefficient (Wildman–Crippen LogP) is 8.53. The van der Waals surface area contributed by atoms with Crippen LogP contribution in [0.15, 0.2) is 6.07 Å². The van der Waals surface area contributed by atoms with Crippen molar-refractivity contribution >= 4 is 0 Å². The fraction of sp³-hybridized carbons (Fsp3) is 0.786. The predicted molar refractivity (Wildman–Crippen MR) is 130 cm³/mol. The van der Waals surface area contributed by atoms with Gasteiger partial charge in [-0.1, -0.05) is 72.6 Å². The van der Waals surface area contributed by atoms with Crippen LogP contribution in [0.4, 0.5) is 0 Å². The van der Waals surface area contributed by atoms with E-state index >= 15 is 0 Å². The lowest BCUT2D eigenvalue weighted by atomic mass is 9.85. The molecule has 2 rings (SSSR count). The minimum absolute atomic E-state index is 0.0637. The Bertz CT molecular complexity index is 663. The molecule has 0 amide bonds. The highest BCUT2D eigenvalue weighted by atomic mass is 16.5. The van der Waals surface area contributed by atoms with Gasteiger partial charge in [-0.25, -0.2) is 0 Å². The van der Waals surface area contributed by atoms with Gasteiger partial charge in [0.2, 0.25) is 0 Å². The Kier molecular flexibility index (Phi) is 9.57. The van der Waals surface area contributed by atoms with Crippen molar-refractivity contribution in [2.45, 2.75) is 125 Å².